The first kappa shape index (κ1) is 33.3. The van der Waals surface area contributed by atoms with Gasteiger partial charge in [0, 0.05) is 0 Å². The molecule has 0 aliphatic heterocycles. The van der Waals surface area contributed by atoms with Gasteiger partial charge in [-0.3, -0.25) is 0 Å². The lowest BCUT2D eigenvalue weighted by molar-refractivity contribution is 1.59. The van der Waals surface area contributed by atoms with Crippen LogP contribution in [0.5, 0.6) is 0 Å². The van der Waals surface area contributed by atoms with E-state index in [1.807, 2.05) is 0 Å². The van der Waals surface area contributed by atoms with Gasteiger partial charge in [0.1, 0.15) is 0 Å². The van der Waals surface area contributed by atoms with E-state index in [-0.39, 0.29) is 0 Å². The molecule has 0 saturated heterocycles. The molecule has 0 amide bonds. The number of rotatable bonds is 7. The molecule has 11 aromatic rings. The Morgan fingerprint density at radius 2 is 0.667 bits per heavy atom. The van der Waals surface area contributed by atoms with E-state index in [1.54, 1.807) is 0 Å². The van der Waals surface area contributed by atoms with Crippen molar-refractivity contribution in [1.82, 2.24) is 0 Å². The third-order valence-corrected chi connectivity index (χ3v) is 16.9. The fourth-order valence-corrected chi connectivity index (χ4v) is 14.2. The Balaban J connectivity index is 1.12. The standard InChI is InChI=1S/C56H38Si/c1-4-17-49(18-5-1)57(50-19-6-2-7-20-50,51-21-8-3-9-22-51)52-31-27-40(28-32-52)46-36-47(45-26-23-39-13-10-11-14-44(39)35-45)38-48(37-46)53-33-29-43-25-24-41-15-12-16-42-30-34-54(53)56(43)55(41)42/h1-38H. The van der Waals surface area contributed by atoms with Crippen LogP contribution in [0.1, 0.15) is 0 Å². The fourth-order valence-electron chi connectivity index (χ4n) is 9.45. The smallest absolute Gasteiger partial charge is 0.0623 e. The van der Waals surface area contributed by atoms with Crippen LogP contribution < -0.4 is 20.7 Å². The van der Waals surface area contributed by atoms with Crippen LogP contribution in [0.2, 0.25) is 0 Å². The van der Waals surface area contributed by atoms with Crippen molar-refractivity contribution in [3.8, 4) is 33.4 Å². The molecule has 0 aliphatic rings. The Kier molecular flexibility index (Phi) is 7.94. The number of hydrogen-bond acceptors (Lipinski definition) is 0. The topological polar surface area (TPSA) is 0 Å². The highest BCUT2D eigenvalue weighted by atomic mass is 28.3. The highest BCUT2D eigenvalue weighted by Crippen LogP contribution is 2.41. The fraction of sp³-hybridized carbons (Fsp3) is 0. The van der Waals surface area contributed by atoms with Gasteiger partial charge in [-0.05, 0) is 121 Å². The van der Waals surface area contributed by atoms with Gasteiger partial charge in [-0.1, -0.05) is 206 Å². The van der Waals surface area contributed by atoms with E-state index in [0.717, 1.165) is 0 Å². The molecule has 11 rings (SSSR count). The van der Waals surface area contributed by atoms with Crippen LogP contribution >= 0.6 is 0 Å². The normalized spacial score (nSPS) is 11.9. The second-order valence-corrected chi connectivity index (χ2v) is 19.1. The average Bonchev–Trinajstić information content (AvgIpc) is 3.29. The van der Waals surface area contributed by atoms with Crippen LogP contribution in [0.4, 0.5) is 0 Å². The molecule has 0 nitrogen and oxygen atoms in total. The van der Waals surface area contributed by atoms with Gasteiger partial charge in [0.2, 0.25) is 0 Å². The molecular formula is C56H38Si. The molecular weight excluding hydrogens is 701 g/mol. The molecule has 0 aromatic heterocycles. The van der Waals surface area contributed by atoms with Crippen LogP contribution in [0.3, 0.4) is 0 Å². The van der Waals surface area contributed by atoms with E-state index in [0.29, 0.717) is 0 Å². The van der Waals surface area contributed by atoms with Gasteiger partial charge in [0.25, 0.3) is 0 Å². The van der Waals surface area contributed by atoms with E-state index in [9.17, 15) is 0 Å². The molecule has 0 radical (unpaired) electrons. The minimum atomic E-state index is -2.64. The van der Waals surface area contributed by atoms with Gasteiger partial charge < -0.3 is 0 Å². The van der Waals surface area contributed by atoms with Crippen molar-refractivity contribution >= 4 is 71.9 Å². The van der Waals surface area contributed by atoms with Crippen molar-refractivity contribution in [3.05, 3.63) is 231 Å². The monoisotopic (exact) mass is 738 g/mol. The predicted molar refractivity (Wildman–Crippen MR) is 248 cm³/mol. The summed E-state index contributed by atoms with van der Waals surface area (Å²) in [7, 11) is -2.64. The summed E-state index contributed by atoms with van der Waals surface area (Å²) < 4.78 is 0. The number of fused-ring (bicyclic) bond motifs is 1. The second-order valence-electron chi connectivity index (χ2n) is 15.3. The molecule has 0 aliphatic carbocycles. The maximum atomic E-state index is 2.41. The van der Waals surface area contributed by atoms with E-state index in [1.165, 1.54) is 97.2 Å². The summed E-state index contributed by atoms with van der Waals surface area (Å²) in [5, 5.41) is 15.8. The molecule has 0 bridgehead atoms. The van der Waals surface area contributed by atoms with E-state index < -0.39 is 8.07 Å². The molecule has 11 aromatic carbocycles. The van der Waals surface area contributed by atoms with Crippen molar-refractivity contribution < 1.29 is 0 Å². The third-order valence-electron chi connectivity index (χ3n) is 12.1. The van der Waals surface area contributed by atoms with Crippen LogP contribution in [0, 0.1) is 0 Å². The molecule has 0 N–H and O–H groups in total. The van der Waals surface area contributed by atoms with E-state index in [4.69, 9.17) is 0 Å². The number of benzene rings is 11. The van der Waals surface area contributed by atoms with Crippen LogP contribution in [0.25, 0.3) is 76.5 Å². The van der Waals surface area contributed by atoms with Crippen molar-refractivity contribution in [2.45, 2.75) is 0 Å². The second kappa shape index (κ2) is 13.6. The molecule has 0 spiro atoms. The number of hydrogen-bond donors (Lipinski definition) is 0. The van der Waals surface area contributed by atoms with Crippen molar-refractivity contribution in [2.24, 2.45) is 0 Å². The van der Waals surface area contributed by atoms with E-state index >= 15 is 0 Å². The molecule has 0 heterocycles. The van der Waals surface area contributed by atoms with Crippen LogP contribution in [0.15, 0.2) is 231 Å². The van der Waals surface area contributed by atoms with Gasteiger partial charge >= 0.3 is 0 Å². The van der Waals surface area contributed by atoms with Crippen LogP contribution in [-0.2, 0) is 0 Å². The minimum absolute atomic E-state index is 1.21. The maximum Gasteiger partial charge on any atom is 0.179 e. The summed E-state index contributed by atoms with van der Waals surface area (Å²) in [5.74, 6) is 0. The summed E-state index contributed by atoms with van der Waals surface area (Å²) in [5.41, 5.74) is 7.32. The quantitative estimate of drug-likeness (QED) is 0.0868. The van der Waals surface area contributed by atoms with Gasteiger partial charge in [0.15, 0.2) is 8.07 Å². The van der Waals surface area contributed by atoms with Gasteiger partial charge in [0.05, 0.1) is 0 Å². The lowest BCUT2D eigenvalue weighted by atomic mass is 9.87. The molecule has 0 saturated carbocycles. The highest BCUT2D eigenvalue weighted by molar-refractivity contribution is 7.19. The molecule has 266 valence electrons. The van der Waals surface area contributed by atoms with Gasteiger partial charge in [-0.2, -0.15) is 0 Å². The molecule has 1 heteroatoms. The maximum absolute atomic E-state index is 2.64. The Hall–Kier alpha value is -7.06. The van der Waals surface area contributed by atoms with Crippen LogP contribution in [-0.4, -0.2) is 8.07 Å². The van der Waals surface area contributed by atoms with Gasteiger partial charge in [-0.15, -0.1) is 0 Å². The Labute approximate surface area is 334 Å². The van der Waals surface area contributed by atoms with E-state index in [2.05, 4.69) is 231 Å². The lowest BCUT2D eigenvalue weighted by Gasteiger charge is -2.34. The lowest BCUT2D eigenvalue weighted by Crippen LogP contribution is -2.74. The summed E-state index contributed by atoms with van der Waals surface area (Å²) >= 11 is 0. The van der Waals surface area contributed by atoms with Crippen molar-refractivity contribution in [1.29, 1.82) is 0 Å². The zero-order valence-electron chi connectivity index (χ0n) is 31.4. The molecule has 0 atom stereocenters. The summed E-state index contributed by atoms with van der Waals surface area (Å²) in [6, 6.07) is 86.2. The molecule has 0 fully saturated rings. The average molecular weight is 739 g/mol. The Bertz CT molecular complexity index is 3090. The SMILES string of the molecule is c1ccc([Si](c2ccccc2)(c2ccccc2)c2ccc(-c3cc(-c4ccc5ccccc5c4)cc(-c4ccc5ccc6cccc7ccc4c5c67)c3)cc2)cc1. The Morgan fingerprint density at radius 1 is 0.228 bits per heavy atom. The summed E-state index contributed by atoms with van der Waals surface area (Å²) in [4.78, 5) is 0. The van der Waals surface area contributed by atoms with Crippen molar-refractivity contribution in [2.75, 3.05) is 0 Å². The predicted octanol–water partition coefficient (Wildman–Crippen LogP) is 12.1. The first-order valence-electron chi connectivity index (χ1n) is 19.8. The summed E-state index contributed by atoms with van der Waals surface area (Å²) in [6.45, 7) is 0. The highest BCUT2D eigenvalue weighted by Gasteiger charge is 2.41. The Morgan fingerprint density at radius 3 is 1.30 bits per heavy atom. The van der Waals surface area contributed by atoms with Gasteiger partial charge in [-0.25, -0.2) is 0 Å². The minimum Gasteiger partial charge on any atom is -0.0623 e. The summed E-state index contributed by atoms with van der Waals surface area (Å²) in [6.07, 6.45) is 0. The largest absolute Gasteiger partial charge is 0.179 e. The molecule has 57 heavy (non-hydrogen) atoms. The zero-order chi connectivity index (χ0) is 37.8. The molecule has 0 unspecified atom stereocenters. The third kappa shape index (κ3) is 5.51. The first-order valence-corrected chi connectivity index (χ1v) is 21.8. The first-order chi connectivity index (χ1) is 28.2. The van der Waals surface area contributed by atoms with Crippen molar-refractivity contribution in [3.63, 3.8) is 0 Å². The zero-order valence-corrected chi connectivity index (χ0v) is 32.4.